The van der Waals surface area contributed by atoms with Gasteiger partial charge in [-0.1, -0.05) is 19.3 Å². The van der Waals surface area contributed by atoms with Crippen LogP contribution in [0.2, 0.25) is 0 Å². The third-order valence-corrected chi connectivity index (χ3v) is 4.27. The number of carbonyl (C=O) groups is 1. The molecule has 20 heavy (non-hydrogen) atoms. The van der Waals surface area contributed by atoms with Gasteiger partial charge in [0.25, 0.3) is 0 Å². The van der Waals surface area contributed by atoms with Gasteiger partial charge in [0.05, 0.1) is 0 Å². The molecule has 0 saturated heterocycles. The summed E-state index contributed by atoms with van der Waals surface area (Å²) >= 11 is 0. The zero-order valence-corrected chi connectivity index (χ0v) is 12.0. The van der Waals surface area contributed by atoms with Crippen LogP contribution in [0.25, 0.3) is 0 Å². The van der Waals surface area contributed by atoms with Crippen LogP contribution in [0.1, 0.15) is 56.7 Å². The molecule has 3 rings (SSSR count). The lowest BCUT2D eigenvalue weighted by Gasteiger charge is -2.22. The summed E-state index contributed by atoms with van der Waals surface area (Å²) in [6.45, 7) is 1.47. The highest BCUT2D eigenvalue weighted by Gasteiger charge is 2.27. The molecule has 110 valence electrons. The molecule has 2 aliphatic carbocycles. The lowest BCUT2D eigenvalue weighted by atomic mass is 9.96. The molecule has 0 spiro atoms. The van der Waals surface area contributed by atoms with Gasteiger partial charge in [-0.05, 0) is 25.7 Å². The topological polar surface area (TPSA) is 59.0 Å². The van der Waals surface area contributed by atoms with Gasteiger partial charge in [-0.3, -0.25) is 0 Å². The van der Waals surface area contributed by atoms with Crippen LogP contribution in [0, 0.1) is 0 Å². The molecule has 5 heteroatoms. The first-order valence-corrected chi connectivity index (χ1v) is 7.88. The second-order valence-electron chi connectivity index (χ2n) is 5.99. The van der Waals surface area contributed by atoms with Gasteiger partial charge < -0.3 is 15.2 Å². The molecule has 0 bridgehead atoms. The molecule has 5 nitrogen and oxygen atoms in total. The van der Waals surface area contributed by atoms with Gasteiger partial charge >= 0.3 is 6.03 Å². The van der Waals surface area contributed by atoms with E-state index in [9.17, 15) is 4.79 Å². The summed E-state index contributed by atoms with van der Waals surface area (Å²) < 4.78 is 2.17. The lowest BCUT2D eigenvalue weighted by molar-refractivity contribution is 0.232. The first-order chi connectivity index (χ1) is 9.83. The molecule has 2 amide bonds. The van der Waals surface area contributed by atoms with Crippen molar-refractivity contribution in [2.75, 3.05) is 6.54 Å². The van der Waals surface area contributed by atoms with Crippen molar-refractivity contribution in [1.29, 1.82) is 0 Å². The first kappa shape index (κ1) is 13.5. The van der Waals surface area contributed by atoms with E-state index in [2.05, 4.69) is 20.2 Å². The molecule has 2 N–H and O–H groups in total. The van der Waals surface area contributed by atoms with Gasteiger partial charge in [0.1, 0.15) is 5.82 Å². The van der Waals surface area contributed by atoms with Crippen molar-refractivity contribution in [1.82, 2.24) is 20.2 Å². The number of hydrogen-bond acceptors (Lipinski definition) is 2. The highest BCUT2D eigenvalue weighted by molar-refractivity contribution is 5.74. The highest BCUT2D eigenvalue weighted by atomic mass is 16.2. The fraction of sp³-hybridized carbons (Fsp3) is 0.733. The van der Waals surface area contributed by atoms with Crippen LogP contribution in [0.5, 0.6) is 0 Å². The van der Waals surface area contributed by atoms with E-state index in [1.165, 1.54) is 37.9 Å². The summed E-state index contributed by atoms with van der Waals surface area (Å²) in [5.74, 6) is 1.83. The molecule has 1 aromatic heterocycles. The van der Waals surface area contributed by atoms with Crippen molar-refractivity contribution in [3.05, 3.63) is 18.2 Å². The standard InChI is InChI=1S/C15H24N4O/c20-15(18-13-4-2-1-3-5-13)17-9-11-19-10-8-16-14(19)12-6-7-12/h8,10,12-13H,1-7,9,11H2,(H2,17,18,20). The van der Waals surface area contributed by atoms with Crippen LogP contribution in [-0.4, -0.2) is 28.2 Å². The quantitative estimate of drug-likeness (QED) is 0.867. The summed E-state index contributed by atoms with van der Waals surface area (Å²) in [5.41, 5.74) is 0. The van der Waals surface area contributed by atoms with E-state index >= 15 is 0 Å². The molecule has 0 radical (unpaired) electrons. The van der Waals surface area contributed by atoms with E-state index < -0.39 is 0 Å². The number of nitrogens with one attached hydrogen (secondary N) is 2. The summed E-state index contributed by atoms with van der Waals surface area (Å²) in [6, 6.07) is 0.351. The van der Waals surface area contributed by atoms with Crippen LogP contribution in [-0.2, 0) is 6.54 Å². The lowest BCUT2D eigenvalue weighted by Crippen LogP contribution is -2.43. The number of aromatic nitrogens is 2. The Hall–Kier alpha value is -1.52. The van der Waals surface area contributed by atoms with Crippen LogP contribution in [0.15, 0.2) is 12.4 Å². The molecule has 0 atom stereocenters. The van der Waals surface area contributed by atoms with Gasteiger partial charge in [0.2, 0.25) is 0 Å². The minimum Gasteiger partial charge on any atom is -0.336 e. The largest absolute Gasteiger partial charge is 0.336 e. The average molecular weight is 276 g/mol. The molecule has 1 heterocycles. The van der Waals surface area contributed by atoms with E-state index in [0.717, 1.165) is 19.4 Å². The van der Waals surface area contributed by atoms with Crippen molar-refractivity contribution in [2.45, 2.75) is 63.5 Å². The number of carbonyl (C=O) groups excluding carboxylic acids is 1. The normalized spacial score (nSPS) is 19.8. The fourth-order valence-corrected chi connectivity index (χ4v) is 2.98. The Bertz CT molecular complexity index is 446. The molecule has 2 aliphatic rings. The fourth-order valence-electron chi connectivity index (χ4n) is 2.98. The molecular formula is C15H24N4O. The minimum absolute atomic E-state index is 0.0232. The van der Waals surface area contributed by atoms with Crippen molar-refractivity contribution in [3.63, 3.8) is 0 Å². The van der Waals surface area contributed by atoms with Crippen LogP contribution < -0.4 is 10.6 Å². The highest BCUT2D eigenvalue weighted by Crippen LogP contribution is 2.38. The van der Waals surface area contributed by atoms with E-state index in [1.807, 2.05) is 12.4 Å². The van der Waals surface area contributed by atoms with Gasteiger partial charge in [-0.2, -0.15) is 0 Å². The number of hydrogen-bond donors (Lipinski definition) is 2. The van der Waals surface area contributed by atoms with E-state index in [-0.39, 0.29) is 6.03 Å². The van der Waals surface area contributed by atoms with Crippen LogP contribution in [0.4, 0.5) is 4.79 Å². The van der Waals surface area contributed by atoms with Crippen LogP contribution >= 0.6 is 0 Å². The number of imidazole rings is 1. The van der Waals surface area contributed by atoms with Crippen molar-refractivity contribution in [2.24, 2.45) is 0 Å². The first-order valence-electron chi connectivity index (χ1n) is 7.88. The molecule has 1 aromatic rings. The van der Waals surface area contributed by atoms with Crippen molar-refractivity contribution >= 4 is 6.03 Å². The van der Waals surface area contributed by atoms with Gasteiger partial charge in [-0.25, -0.2) is 9.78 Å². The van der Waals surface area contributed by atoms with Gasteiger partial charge in [0.15, 0.2) is 0 Å². The maximum absolute atomic E-state index is 11.8. The smallest absolute Gasteiger partial charge is 0.315 e. The van der Waals surface area contributed by atoms with Gasteiger partial charge in [0, 0.05) is 37.4 Å². The third kappa shape index (κ3) is 3.52. The molecule has 2 fully saturated rings. The van der Waals surface area contributed by atoms with E-state index in [4.69, 9.17) is 0 Å². The summed E-state index contributed by atoms with van der Waals surface area (Å²) in [6.07, 6.45) is 12.4. The SMILES string of the molecule is O=C(NCCn1ccnc1C1CC1)NC1CCCCC1. The zero-order chi connectivity index (χ0) is 13.8. The second kappa shape index (κ2) is 6.29. The predicted molar refractivity (Wildman–Crippen MR) is 77.6 cm³/mol. The Labute approximate surface area is 120 Å². The molecule has 0 aliphatic heterocycles. The van der Waals surface area contributed by atoms with E-state index in [1.54, 1.807) is 0 Å². The maximum Gasteiger partial charge on any atom is 0.315 e. The summed E-state index contributed by atoms with van der Waals surface area (Å²) in [5, 5.41) is 6.03. The second-order valence-corrected chi connectivity index (χ2v) is 5.99. The predicted octanol–water partition coefficient (Wildman–Crippen LogP) is 2.39. The summed E-state index contributed by atoms with van der Waals surface area (Å²) in [7, 11) is 0. The summed E-state index contributed by atoms with van der Waals surface area (Å²) in [4.78, 5) is 16.2. The minimum atomic E-state index is -0.0232. The Balaban J connectivity index is 1.38. The molecule has 2 saturated carbocycles. The van der Waals surface area contributed by atoms with Gasteiger partial charge in [-0.15, -0.1) is 0 Å². The number of urea groups is 1. The Morgan fingerprint density at radius 1 is 1.25 bits per heavy atom. The van der Waals surface area contributed by atoms with Crippen LogP contribution in [0.3, 0.4) is 0 Å². The molecule has 0 aromatic carbocycles. The van der Waals surface area contributed by atoms with E-state index in [0.29, 0.717) is 18.5 Å². The molecular weight excluding hydrogens is 252 g/mol. The molecule has 0 unspecified atom stereocenters. The third-order valence-electron chi connectivity index (χ3n) is 4.27. The number of nitrogens with zero attached hydrogens (tertiary/aromatic N) is 2. The number of rotatable bonds is 5. The van der Waals surface area contributed by atoms with Crippen molar-refractivity contribution < 1.29 is 4.79 Å². The Morgan fingerprint density at radius 2 is 2.05 bits per heavy atom. The average Bonchev–Trinajstić information content (AvgIpc) is 3.20. The number of amides is 2. The maximum atomic E-state index is 11.8. The van der Waals surface area contributed by atoms with Crippen molar-refractivity contribution in [3.8, 4) is 0 Å². The Morgan fingerprint density at radius 3 is 2.80 bits per heavy atom. The monoisotopic (exact) mass is 276 g/mol. The zero-order valence-electron chi connectivity index (χ0n) is 12.0. The Kier molecular flexibility index (Phi) is 4.23.